The standard InChI is InChI=1S/C15H15FN2O2/c1-11-10-13(16)3-2-12(11)8-9-17-14-4-6-15(7-5-14)18(19)20/h2-7,10,17H,8-9H2,1H3. The van der Waals surface area contributed by atoms with E-state index < -0.39 is 4.92 Å². The fraction of sp³-hybridized carbons (Fsp3) is 0.200. The Morgan fingerprint density at radius 1 is 1.20 bits per heavy atom. The van der Waals surface area contributed by atoms with Crippen LogP contribution in [0.3, 0.4) is 0 Å². The largest absolute Gasteiger partial charge is 0.385 e. The number of hydrogen-bond acceptors (Lipinski definition) is 3. The molecule has 0 aromatic heterocycles. The zero-order chi connectivity index (χ0) is 14.5. The number of benzene rings is 2. The van der Waals surface area contributed by atoms with Crippen molar-refractivity contribution in [3.63, 3.8) is 0 Å². The number of hydrogen-bond donors (Lipinski definition) is 1. The van der Waals surface area contributed by atoms with Crippen LogP contribution < -0.4 is 5.32 Å². The second-order valence-corrected chi connectivity index (χ2v) is 4.55. The third kappa shape index (κ3) is 3.54. The van der Waals surface area contributed by atoms with E-state index in [2.05, 4.69) is 5.32 Å². The van der Waals surface area contributed by atoms with Crippen LogP contribution in [-0.2, 0) is 6.42 Å². The highest BCUT2D eigenvalue weighted by molar-refractivity contribution is 5.48. The van der Waals surface area contributed by atoms with Crippen LogP contribution in [0.4, 0.5) is 15.8 Å². The summed E-state index contributed by atoms with van der Waals surface area (Å²) in [5.41, 5.74) is 2.91. The molecule has 2 aromatic carbocycles. The highest BCUT2D eigenvalue weighted by atomic mass is 19.1. The number of rotatable bonds is 5. The monoisotopic (exact) mass is 274 g/mol. The molecule has 0 radical (unpaired) electrons. The molecule has 20 heavy (non-hydrogen) atoms. The minimum Gasteiger partial charge on any atom is -0.385 e. The van der Waals surface area contributed by atoms with Gasteiger partial charge < -0.3 is 5.32 Å². The van der Waals surface area contributed by atoms with Crippen LogP contribution in [0.2, 0.25) is 0 Å². The quantitative estimate of drug-likeness (QED) is 0.668. The van der Waals surface area contributed by atoms with E-state index in [-0.39, 0.29) is 11.5 Å². The minimum absolute atomic E-state index is 0.0740. The number of nitro benzene ring substituents is 1. The van der Waals surface area contributed by atoms with Gasteiger partial charge in [0.25, 0.3) is 5.69 Å². The summed E-state index contributed by atoms with van der Waals surface area (Å²) in [6.45, 7) is 2.56. The summed E-state index contributed by atoms with van der Waals surface area (Å²) >= 11 is 0. The molecule has 4 nitrogen and oxygen atoms in total. The Bertz CT molecular complexity index is 612. The SMILES string of the molecule is Cc1cc(F)ccc1CCNc1ccc([N+](=O)[O-])cc1. The van der Waals surface area contributed by atoms with Crippen LogP contribution in [0.1, 0.15) is 11.1 Å². The Kier molecular flexibility index (Phi) is 4.30. The van der Waals surface area contributed by atoms with Gasteiger partial charge in [0.15, 0.2) is 0 Å². The van der Waals surface area contributed by atoms with Crippen LogP contribution in [-0.4, -0.2) is 11.5 Å². The average Bonchev–Trinajstić information content (AvgIpc) is 2.42. The minimum atomic E-state index is -0.425. The molecule has 0 saturated heterocycles. The normalized spacial score (nSPS) is 10.3. The van der Waals surface area contributed by atoms with Crippen molar-refractivity contribution < 1.29 is 9.31 Å². The number of non-ortho nitro benzene ring substituents is 1. The molecule has 0 amide bonds. The number of nitrogens with one attached hydrogen (secondary N) is 1. The molecule has 0 spiro atoms. The maximum absolute atomic E-state index is 13.0. The van der Waals surface area contributed by atoms with E-state index >= 15 is 0 Å². The molecular weight excluding hydrogens is 259 g/mol. The number of nitrogens with zero attached hydrogens (tertiary/aromatic N) is 1. The van der Waals surface area contributed by atoms with E-state index in [4.69, 9.17) is 0 Å². The van der Waals surface area contributed by atoms with Crippen molar-refractivity contribution in [3.05, 3.63) is 69.5 Å². The molecule has 1 N–H and O–H groups in total. The van der Waals surface area contributed by atoms with Gasteiger partial charge in [0, 0.05) is 24.4 Å². The molecule has 0 aliphatic heterocycles. The maximum atomic E-state index is 13.0. The first kappa shape index (κ1) is 14.0. The van der Waals surface area contributed by atoms with Crippen molar-refractivity contribution in [1.82, 2.24) is 0 Å². The number of nitro groups is 1. The highest BCUT2D eigenvalue weighted by Gasteiger charge is 2.04. The zero-order valence-electron chi connectivity index (χ0n) is 11.1. The Hall–Kier alpha value is -2.43. The van der Waals surface area contributed by atoms with Gasteiger partial charge in [0.2, 0.25) is 0 Å². The van der Waals surface area contributed by atoms with Gasteiger partial charge in [-0.2, -0.15) is 0 Å². The van der Waals surface area contributed by atoms with Crippen molar-refractivity contribution >= 4 is 11.4 Å². The van der Waals surface area contributed by atoms with Gasteiger partial charge in [-0.15, -0.1) is 0 Å². The summed E-state index contributed by atoms with van der Waals surface area (Å²) < 4.78 is 13.0. The molecule has 0 saturated carbocycles. The lowest BCUT2D eigenvalue weighted by atomic mass is 10.1. The molecular formula is C15H15FN2O2. The van der Waals surface area contributed by atoms with Crippen LogP contribution >= 0.6 is 0 Å². The van der Waals surface area contributed by atoms with Crippen LogP contribution in [0.5, 0.6) is 0 Å². The molecule has 0 unspecified atom stereocenters. The number of aryl methyl sites for hydroxylation is 1. The van der Waals surface area contributed by atoms with E-state index in [9.17, 15) is 14.5 Å². The molecule has 2 rings (SSSR count). The smallest absolute Gasteiger partial charge is 0.269 e. The second kappa shape index (κ2) is 6.14. The third-order valence-electron chi connectivity index (χ3n) is 3.11. The lowest BCUT2D eigenvalue weighted by molar-refractivity contribution is -0.384. The number of anilines is 1. The fourth-order valence-electron chi connectivity index (χ4n) is 1.98. The van der Waals surface area contributed by atoms with Crippen molar-refractivity contribution in [1.29, 1.82) is 0 Å². The van der Waals surface area contributed by atoms with Gasteiger partial charge in [0.05, 0.1) is 4.92 Å². The molecule has 0 atom stereocenters. The lowest BCUT2D eigenvalue weighted by Gasteiger charge is -2.08. The van der Waals surface area contributed by atoms with Crippen LogP contribution in [0.15, 0.2) is 42.5 Å². The summed E-state index contributed by atoms with van der Waals surface area (Å²) in [5.74, 6) is -0.227. The first-order chi connectivity index (χ1) is 9.56. The summed E-state index contributed by atoms with van der Waals surface area (Å²) in [4.78, 5) is 10.1. The summed E-state index contributed by atoms with van der Waals surface area (Å²) in [6, 6.07) is 11.0. The van der Waals surface area contributed by atoms with Crippen molar-refractivity contribution in [3.8, 4) is 0 Å². The number of halogens is 1. The summed E-state index contributed by atoms with van der Waals surface area (Å²) in [6.07, 6.45) is 0.767. The Balaban J connectivity index is 1.91. The fourth-order valence-corrected chi connectivity index (χ4v) is 1.98. The van der Waals surface area contributed by atoms with E-state index in [1.807, 2.05) is 6.92 Å². The predicted molar refractivity (Wildman–Crippen MR) is 76.4 cm³/mol. The molecule has 5 heteroatoms. The molecule has 2 aromatic rings. The van der Waals surface area contributed by atoms with E-state index in [0.717, 1.165) is 23.2 Å². The average molecular weight is 274 g/mol. The van der Waals surface area contributed by atoms with Gasteiger partial charge in [-0.05, 0) is 48.7 Å². The molecule has 0 aliphatic carbocycles. The lowest BCUT2D eigenvalue weighted by Crippen LogP contribution is -2.06. The summed E-state index contributed by atoms with van der Waals surface area (Å²) in [5, 5.41) is 13.7. The van der Waals surface area contributed by atoms with E-state index in [1.54, 1.807) is 18.2 Å². The molecule has 0 fully saturated rings. The van der Waals surface area contributed by atoms with E-state index in [0.29, 0.717) is 6.54 Å². The van der Waals surface area contributed by atoms with Crippen LogP contribution in [0, 0.1) is 22.9 Å². The first-order valence-corrected chi connectivity index (χ1v) is 6.29. The third-order valence-corrected chi connectivity index (χ3v) is 3.11. The molecule has 0 bridgehead atoms. The van der Waals surface area contributed by atoms with Gasteiger partial charge in [-0.1, -0.05) is 6.07 Å². The molecule has 0 aliphatic rings. The zero-order valence-corrected chi connectivity index (χ0v) is 11.1. The van der Waals surface area contributed by atoms with Crippen molar-refractivity contribution in [2.24, 2.45) is 0 Å². The van der Waals surface area contributed by atoms with Gasteiger partial charge >= 0.3 is 0 Å². The van der Waals surface area contributed by atoms with Gasteiger partial charge in [-0.3, -0.25) is 10.1 Å². The Morgan fingerprint density at radius 2 is 1.90 bits per heavy atom. The van der Waals surface area contributed by atoms with Crippen molar-refractivity contribution in [2.75, 3.05) is 11.9 Å². The van der Waals surface area contributed by atoms with E-state index in [1.165, 1.54) is 24.3 Å². The topological polar surface area (TPSA) is 55.2 Å². The van der Waals surface area contributed by atoms with Gasteiger partial charge in [-0.25, -0.2) is 4.39 Å². The highest BCUT2D eigenvalue weighted by Crippen LogP contribution is 2.16. The van der Waals surface area contributed by atoms with Crippen LogP contribution in [0.25, 0.3) is 0 Å². The first-order valence-electron chi connectivity index (χ1n) is 6.29. The molecule has 0 heterocycles. The van der Waals surface area contributed by atoms with Crippen molar-refractivity contribution in [2.45, 2.75) is 13.3 Å². The Labute approximate surface area is 116 Å². The molecule has 104 valence electrons. The maximum Gasteiger partial charge on any atom is 0.269 e. The second-order valence-electron chi connectivity index (χ2n) is 4.55. The summed E-state index contributed by atoms with van der Waals surface area (Å²) in [7, 11) is 0. The predicted octanol–water partition coefficient (Wildman–Crippen LogP) is 3.70. The van der Waals surface area contributed by atoms with Gasteiger partial charge in [0.1, 0.15) is 5.82 Å². The Morgan fingerprint density at radius 3 is 2.50 bits per heavy atom.